The first-order valence-corrected chi connectivity index (χ1v) is 7.06. The highest BCUT2D eigenvalue weighted by Gasteiger charge is 2.07. The van der Waals surface area contributed by atoms with Crippen molar-refractivity contribution in [3.05, 3.63) is 65.3 Å². The topological polar surface area (TPSA) is 34.1 Å². The van der Waals surface area contributed by atoms with Crippen molar-refractivity contribution in [2.45, 2.75) is 6.54 Å². The van der Waals surface area contributed by atoms with Crippen LogP contribution in [0.1, 0.15) is 5.56 Å². The van der Waals surface area contributed by atoms with Gasteiger partial charge < -0.3 is 10.1 Å². The van der Waals surface area contributed by atoms with E-state index in [2.05, 4.69) is 10.3 Å². The summed E-state index contributed by atoms with van der Waals surface area (Å²) in [7, 11) is 1.68. The molecule has 0 aliphatic rings. The van der Waals surface area contributed by atoms with Gasteiger partial charge in [-0.3, -0.25) is 4.98 Å². The zero-order valence-corrected chi connectivity index (χ0v) is 12.4. The Kier molecular flexibility index (Phi) is 3.93. The summed E-state index contributed by atoms with van der Waals surface area (Å²) in [5, 5.41) is 5.06. The molecule has 0 aliphatic heterocycles. The third-order valence-electron chi connectivity index (χ3n) is 3.38. The van der Waals surface area contributed by atoms with Gasteiger partial charge in [0.25, 0.3) is 0 Å². The van der Waals surface area contributed by atoms with E-state index < -0.39 is 0 Å². The van der Waals surface area contributed by atoms with E-state index in [-0.39, 0.29) is 0 Å². The van der Waals surface area contributed by atoms with Crippen LogP contribution >= 0.6 is 11.6 Å². The Morgan fingerprint density at radius 1 is 1.10 bits per heavy atom. The molecule has 106 valence electrons. The molecule has 3 rings (SSSR count). The van der Waals surface area contributed by atoms with Crippen molar-refractivity contribution < 1.29 is 4.74 Å². The zero-order chi connectivity index (χ0) is 14.7. The van der Waals surface area contributed by atoms with Gasteiger partial charge in [-0.25, -0.2) is 0 Å². The quantitative estimate of drug-likeness (QED) is 0.769. The van der Waals surface area contributed by atoms with Gasteiger partial charge in [0.2, 0.25) is 0 Å². The number of para-hydroxylation sites is 1. The number of aromatic nitrogens is 1. The lowest BCUT2D eigenvalue weighted by Crippen LogP contribution is -2.02. The number of ether oxygens (including phenoxy) is 1. The Labute approximate surface area is 128 Å². The van der Waals surface area contributed by atoms with Crippen molar-refractivity contribution in [3.63, 3.8) is 0 Å². The van der Waals surface area contributed by atoms with Gasteiger partial charge in [0.05, 0.1) is 23.3 Å². The number of nitrogens with one attached hydrogen (secondary N) is 1. The van der Waals surface area contributed by atoms with Crippen molar-refractivity contribution in [3.8, 4) is 5.75 Å². The summed E-state index contributed by atoms with van der Waals surface area (Å²) in [6.07, 6.45) is 1.77. The molecule has 0 amide bonds. The Morgan fingerprint density at radius 2 is 1.95 bits per heavy atom. The number of hydrogen-bond acceptors (Lipinski definition) is 3. The molecule has 0 saturated heterocycles. The highest BCUT2D eigenvalue weighted by Crippen LogP contribution is 2.28. The number of rotatable bonds is 4. The van der Waals surface area contributed by atoms with Crippen LogP contribution in [-0.4, -0.2) is 12.1 Å². The lowest BCUT2D eigenvalue weighted by molar-refractivity contribution is 0.410. The van der Waals surface area contributed by atoms with Crippen LogP contribution < -0.4 is 10.1 Å². The van der Waals surface area contributed by atoms with E-state index in [0.717, 1.165) is 27.9 Å². The minimum absolute atomic E-state index is 0.664. The number of methoxy groups -OCH3 is 1. The fourth-order valence-electron chi connectivity index (χ4n) is 2.32. The molecular weight excluding hydrogens is 284 g/mol. The fraction of sp³-hybridized carbons (Fsp3) is 0.118. The minimum atomic E-state index is 0.664. The van der Waals surface area contributed by atoms with Gasteiger partial charge in [-0.2, -0.15) is 0 Å². The normalized spacial score (nSPS) is 10.6. The van der Waals surface area contributed by atoms with Crippen molar-refractivity contribution in [2.24, 2.45) is 0 Å². The van der Waals surface area contributed by atoms with Crippen molar-refractivity contribution in [1.29, 1.82) is 0 Å². The average Bonchev–Trinajstić information content (AvgIpc) is 2.55. The fourth-order valence-corrected chi connectivity index (χ4v) is 2.54. The van der Waals surface area contributed by atoms with Crippen LogP contribution in [-0.2, 0) is 6.54 Å². The standard InChI is InChI=1S/C17H15ClN2O/c1-21-16-7-3-2-5-12(16)11-20-15-9-8-14(18)13-6-4-10-19-17(13)15/h2-10,20H,11H2,1H3. The molecule has 0 spiro atoms. The third kappa shape index (κ3) is 2.78. The number of benzene rings is 2. The number of anilines is 1. The maximum atomic E-state index is 6.21. The van der Waals surface area contributed by atoms with Gasteiger partial charge in [-0.1, -0.05) is 29.8 Å². The van der Waals surface area contributed by atoms with Crippen LogP contribution in [0.4, 0.5) is 5.69 Å². The molecule has 0 aliphatic carbocycles. The predicted molar refractivity (Wildman–Crippen MR) is 87.1 cm³/mol. The Bertz CT molecular complexity index is 774. The molecule has 0 radical (unpaired) electrons. The lowest BCUT2D eigenvalue weighted by atomic mass is 10.1. The van der Waals surface area contributed by atoms with Crippen molar-refractivity contribution in [2.75, 3.05) is 12.4 Å². The van der Waals surface area contributed by atoms with Crippen LogP contribution in [0.5, 0.6) is 5.75 Å². The summed E-state index contributed by atoms with van der Waals surface area (Å²) < 4.78 is 5.36. The first kappa shape index (κ1) is 13.7. The summed E-state index contributed by atoms with van der Waals surface area (Å²) in [5.41, 5.74) is 2.93. The molecule has 0 fully saturated rings. The Morgan fingerprint density at radius 3 is 2.81 bits per heavy atom. The molecule has 3 aromatic rings. The van der Waals surface area contributed by atoms with Crippen molar-refractivity contribution in [1.82, 2.24) is 4.98 Å². The van der Waals surface area contributed by atoms with Gasteiger partial charge in [-0.15, -0.1) is 0 Å². The zero-order valence-electron chi connectivity index (χ0n) is 11.6. The van der Waals surface area contributed by atoms with Gasteiger partial charge in [0.1, 0.15) is 5.75 Å². The van der Waals surface area contributed by atoms with E-state index in [1.54, 1.807) is 13.3 Å². The smallest absolute Gasteiger partial charge is 0.123 e. The van der Waals surface area contributed by atoms with Gasteiger partial charge in [0, 0.05) is 23.7 Å². The average molecular weight is 299 g/mol. The first-order chi connectivity index (χ1) is 10.3. The maximum Gasteiger partial charge on any atom is 0.123 e. The molecule has 1 N–H and O–H groups in total. The van der Waals surface area contributed by atoms with E-state index in [4.69, 9.17) is 16.3 Å². The summed E-state index contributed by atoms with van der Waals surface area (Å²) >= 11 is 6.21. The summed E-state index contributed by atoms with van der Waals surface area (Å²) in [6.45, 7) is 0.664. The van der Waals surface area contributed by atoms with Gasteiger partial charge >= 0.3 is 0 Å². The molecule has 0 bridgehead atoms. The summed E-state index contributed by atoms with van der Waals surface area (Å²) in [6, 6.07) is 15.6. The highest BCUT2D eigenvalue weighted by molar-refractivity contribution is 6.35. The SMILES string of the molecule is COc1ccccc1CNc1ccc(Cl)c2cccnc12. The highest BCUT2D eigenvalue weighted by atomic mass is 35.5. The van der Waals surface area contributed by atoms with Gasteiger partial charge in [0.15, 0.2) is 0 Å². The monoisotopic (exact) mass is 298 g/mol. The van der Waals surface area contributed by atoms with Crippen LogP contribution in [0.15, 0.2) is 54.7 Å². The third-order valence-corrected chi connectivity index (χ3v) is 3.71. The van der Waals surface area contributed by atoms with Crippen LogP contribution in [0.3, 0.4) is 0 Å². The second-order valence-electron chi connectivity index (χ2n) is 4.66. The van der Waals surface area contributed by atoms with Gasteiger partial charge in [-0.05, 0) is 30.3 Å². The van der Waals surface area contributed by atoms with E-state index in [0.29, 0.717) is 11.6 Å². The molecular formula is C17H15ClN2O. The van der Waals surface area contributed by atoms with Crippen LogP contribution in [0.25, 0.3) is 10.9 Å². The molecule has 21 heavy (non-hydrogen) atoms. The molecule has 4 heteroatoms. The molecule has 3 nitrogen and oxygen atoms in total. The van der Waals surface area contributed by atoms with E-state index >= 15 is 0 Å². The molecule has 0 atom stereocenters. The number of hydrogen-bond donors (Lipinski definition) is 1. The first-order valence-electron chi connectivity index (χ1n) is 6.68. The molecule has 0 unspecified atom stereocenters. The van der Waals surface area contributed by atoms with E-state index in [1.807, 2.05) is 48.5 Å². The number of halogens is 1. The predicted octanol–water partition coefficient (Wildman–Crippen LogP) is 4.51. The van der Waals surface area contributed by atoms with Crippen LogP contribution in [0, 0.1) is 0 Å². The number of fused-ring (bicyclic) bond motifs is 1. The maximum absolute atomic E-state index is 6.21. The lowest BCUT2D eigenvalue weighted by Gasteiger charge is -2.12. The largest absolute Gasteiger partial charge is 0.496 e. The Hall–Kier alpha value is -2.26. The second kappa shape index (κ2) is 6.02. The summed E-state index contributed by atoms with van der Waals surface area (Å²) in [5.74, 6) is 0.872. The van der Waals surface area contributed by atoms with Crippen LogP contribution in [0.2, 0.25) is 5.02 Å². The summed E-state index contributed by atoms with van der Waals surface area (Å²) in [4.78, 5) is 4.42. The Balaban J connectivity index is 1.91. The van der Waals surface area contributed by atoms with E-state index in [1.165, 1.54) is 0 Å². The van der Waals surface area contributed by atoms with Crippen molar-refractivity contribution >= 4 is 28.2 Å². The minimum Gasteiger partial charge on any atom is -0.496 e. The molecule has 0 saturated carbocycles. The molecule has 2 aromatic carbocycles. The molecule has 1 aromatic heterocycles. The number of pyridine rings is 1. The molecule has 1 heterocycles. The number of nitrogens with zero attached hydrogens (tertiary/aromatic N) is 1. The van der Waals surface area contributed by atoms with E-state index in [9.17, 15) is 0 Å². The second-order valence-corrected chi connectivity index (χ2v) is 5.07.